The summed E-state index contributed by atoms with van der Waals surface area (Å²) < 4.78 is 10.0. The Labute approximate surface area is 147 Å². The summed E-state index contributed by atoms with van der Waals surface area (Å²) in [5.74, 6) is 0.122. The summed E-state index contributed by atoms with van der Waals surface area (Å²) in [6.45, 7) is 0.775. The van der Waals surface area contributed by atoms with Gasteiger partial charge in [-0.15, -0.1) is 0 Å². The van der Waals surface area contributed by atoms with Gasteiger partial charge in [-0.1, -0.05) is 30.3 Å². The smallest absolute Gasteiger partial charge is 0.339 e. The number of benzene rings is 2. The Kier molecular flexibility index (Phi) is 6.98. The number of methoxy groups -OCH3 is 2. The number of hydrogen-bond acceptors (Lipinski definition) is 5. The maximum atomic E-state index is 12.1. The summed E-state index contributed by atoms with van der Waals surface area (Å²) in [6.07, 6.45) is 0.746. The predicted octanol–water partition coefficient (Wildman–Crippen LogP) is 2.25. The van der Waals surface area contributed by atoms with Gasteiger partial charge in [0.15, 0.2) is 0 Å². The van der Waals surface area contributed by atoms with Crippen LogP contribution in [0, 0.1) is 0 Å². The van der Waals surface area contributed by atoms with Crippen LogP contribution in [0.2, 0.25) is 0 Å². The van der Waals surface area contributed by atoms with Gasteiger partial charge in [-0.2, -0.15) is 0 Å². The molecule has 0 saturated heterocycles. The number of hydrogen-bond donors (Lipinski definition) is 2. The third-order valence-electron chi connectivity index (χ3n) is 3.66. The normalized spacial score (nSPS) is 10.2. The van der Waals surface area contributed by atoms with Crippen LogP contribution in [0.15, 0.2) is 48.5 Å². The molecule has 2 rings (SSSR count). The minimum Gasteiger partial charge on any atom is -0.496 e. The fourth-order valence-corrected chi connectivity index (χ4v) is 2.41. The molecule has 0 aliphatic heterocycles. The molecule has 0 fully saturated rings. The molecule has 0 spiro atoms. The summed E-state index contributed by atoms with van der Waals surface area (Å²) in [6, 6.07) is 14.5. The van der Waals surface area contributed by atoms with Crippen molar-refractivity contribution in [2.75, 3.05) is 32.6 Å². The van der Waals surface area contributed by atoms with E-state index in [1.165, 1.54) is 7.11 Å². The fourth-order valence-electron chi connectivity index (χ4n) is 2.41. The van der Waals surface area contributed by atoms with Gasteiger partial charge in [-0.05, 0) is 36.7 Å². The lowest BCUT2D eigenvalue weighted by Crippen LogP contribution is -2.30. The summed E-state index contributed by atoms with van der Waals surface area (Å²) >= 11 is 0. The van der Waals surface area contributed by atoms with E-state index >= 15 is 0 Å². The van der Waals surface area contributed by atoms with Crippen molar-refractivity contribution in [3.63, 3.8) is 0 Å². The number of anilines is 1. The van der Waals surface area contributed by atoms with E-state index in [1.807, 2.05) is 24.3 Å². The van der Waals surface area contributed by atoms with E-state index < -0.39 is 5.97 Å². The molecule has 0 atom stereocenters. The van der Waals surface area contributed by atoms with Crippen LogP contribution in [0.5, 0.6) is 5.75 Å². The molecule has 132 valence electrons. The highest BCUT2D eigenvalue weighted by Gasteiger charge is 2.12. The van der Waals surface area contributed by atoms with Gasteiger partial charge in [0.1, 0.15) is 5.75 Å². The summed E-state index contributed by atoms with van der Waals surface area (Å²) in [5.41, 5.74) is 1.84. The van der Waals surface area contributed by atoms with Crippen molar-refractivity contribution in [3.05, 3.63) is 59.7 Å². The average Bonchev–Trinajstić information content (AvgIpc) is 2.65. The number of ether oxygens (including phenoxy) is 2. The molecule has 0 aromatic heterocycles. The molecule has 25 heavy (non-hydrogen) atoms. The molecule has 6 heteroatoms. The lowest BCUT2D eigenvalue weighted by Gasteiger charge is -2.11. The Hall–Kier alpha value is -2.86. The first kappa shape index (κ1) is 18.5. The molecule has 0 saturated carbocycles. The van der Waals surface area contributed by atoms with Crippen LogP contribution in [0.25, 0.3) is 0 Å². The molecule has 0 radical (unpaired) electrons. The molecular formula is C19H22N2O4. The lowest BCUT2D eigenvalue weighted by molar-refractivity contribution is -0.115. The molecule has 1 amide bonds. The summed E-state index contributed by atoms with van der Waals surface area (Å²) in [4.78, 5) is 23.8. The van der Waals surface area contributed by atoms with Gasteiger partial charge in [0, 0.05) is 0 Å². The second-order valence-corrected chi connectivity index (χ2v) is 5.32. The molecule has 6 nitrogen and oxygen atoms in total. The third-order valence-corrected chi connectivity index (χ3v) is 3.66. The number of esters is 1. The fraction of sp³-hybridized carbons (Fsp3) is 0.263. The molecule has 0 aliphatic carbocycles. The van der Waals surface area contributed by atoms with Gasteiger partial charge in [-0.25, -0.2) is 4.79 Å². The van der Waals surface area contributed by atoms with Crippen molar-refractivity contribution in [2.24, 2.45) is 0 Å². The standard InChI is InChI=1S/C19H22N2O4/c1-24-17-10-6-3-7-14(17)11-12-20-13-18(22)21-16-9-5-4-8-15(16)19(23)25-2/h3-10,20H,11-13H2,1-2H3,(H,21,22). The monoisotopic (exact) mass is 342 g/mol. The Morgan fingerprint density at radius 1 is 1.00 bits per heavy atom. The zero-order chi connectivity index (χ0) is 18.1. The lowest BCUT2D eigenvalue weighted by atomic mass is 10.1. The van der Waals surface area contributed by atoms with Crippen LogP contribution >= 0.6 is 0 Å². The highest BCUT2D eigenvalue weighted by Crippen LogP contribution is 2.17. The molecule has 2 aromatic carbocycles. The minimum atomic E-state index is -0.486. The van der Waals surface area contributed by atoms with Gasteiger partial charge in [0.25, 0.3) is 0 Å². The van der Waals surface area contributed by atoms with Crippen molar-refractivity contribution in [3.8, 4) is 5.75 Å². The van der Waals surface area contributed by atoms with Gasteiger partial charge in [0.2, 0.25) is 5.91 Å². The zero-order valence-corrected chi connectivity index (χ0v) is 14.4. The number of amides is 1. The second-order valence-electron chi connectivity index (χ2n) is 5.32. The first-order chi connectivity index (χ1) is 12.2. The van der Waals surface area contributed by atoms with Crippen molar-refractivity contribution >= 4 is 17.6 Å². The van der Waals surface area contributed by atoms with E-state index in [1.54, 1.807) is 31.4 Å². The molecule has 0 heterocycles. The largest absolute Gasteiger partial charge is 0.496 e. The Morgan fingerprint density at radius 3 is 2.48 bits per heavy atom. The van der Waals surface area contributed by atoms with Crippen molar-refractivity contribution in [1.29, 1.82) is 0 Å². The van der Waals surface area contributed by atoms with Gasteiger partial charge >= 0.3 is 5.97 Å². The van der Waals surface area contributed by atoms with Crippen LogP contribution in [0.1, 0.15) is 15.9 Å². The number of rotatable bonds is 8. The van der Waals surface area contributed by atoms with Gasteiger partial charge in [0.05, 0.1) is 32.0 Å². The number of carbonyl (C=O) groups is 2. The Bertz CT molecular complexity index is 731. The van der Waals surface area contributed by atoms with Crippen LogP contribution in [0.3, 0.4) is 0 Å². The Balaban J connectivity index is 1.83. The van der Waals surface area contributed by atoms with E-state index in [-0.39, 0.29) is 12.5 Å². The molecule has 2 N–H and O–H groups in total. The van der Waals surface area contributed by atoms with Crippen molar-refractivity contribution in [2.45, 2.75) is 6.42 Å². The zero-order valence-electron chi connectivity index (χ0n) is 14.4. The van der Waals surface area contributed by atoms with Crippen molar-refractivity contribution < 1.29 is 19.1 Å². The number of para-hydroxylation sites is 2. The topological polar surface area (TPSA) is 76.7 Å². The molecular weight excluding hydrogens is 320 g/mol. The second kappa shape index (κ2) is 9.44. The van der Waals surface area contributed by atoms with E-state index in [4.69, 9.17) is 9.47 Å². The maximum Gasteiger partial charge on any atom is 0.339 e. The highest BCUT2D eigenvalue weighted by atomic mass is 16.5. The quantitative estimate of drug-likeness (QED) is 0.568. The maximum absolute atomic E-state index is 12.1. The number of carbonyl (C=O) groups excluding carboxylic acids is 2. The first-order valence-corrected chi connectivity index (χ1v) is 7.95. The first-order valence-electron chi connectivity index (χ1n) is 7.95. The van der Waals surface area contributed by atoms with E-state index in [0.717, 1.165) is 17.7 Å². The van der Waals surface area contributed by atoms with E-state index in [9.17, 15) is 9.59 Å². The van der Waals surface area contributed by atoms with Gasteiger partial charge < -0.3 is 20.1 Å². The molecule has 2 aromatic rings. The van der Waals surface area contributed by atoms with Crippen LogP contribution in [0.4, 0.5) is 5.69 Å². The van der Waals surface area contributed by atoms with Crippen molar-refractivity contribution in [1.82, 2.24) is 5.32 Å². The minimum absolute atomic E-state index is 0.144. The third kappa shape index (κ3) is 5.32. The van der Waals surface area contributed by atoms with E-state index in [0.29, 0.717) is 17.8 Å². The summed E-state index contributed by atoms with van der Waals surface area (Å²) in [7, 11) is 2.94. The highest BCUT2D eigenvalue weighted by molar-refractivity contribution is 6.01. The molecule has 0 bridgehead atoms. The molecule has 0 unspecified atom stereocenters. The Morgan fingerprint density at radius 2 is 1.72 bits per heavy atom. The summed E-state index contributed by atoms with van der Waals surface area (Å²) in [5, 5.41) is 5.80. The van der Waals surface area contributed by atoms with Gasteiger partial charge in [-0.3, -0.25) is 4.79 Å². The number of nitrogens with one attached hydrogen (secondary N) is 2. The average molecular weight is 342 g/mol. The van der Waals surface area contributed by atoms with Crippen LogP contribution < -0.4 is 15.4 Å². The molecule has 0 aliphatic rings. The van der Waals surface area contributed by atoms with E-state index in [2.05, 4.69) is 10.6 Å². The van der Waals surface area contributed by atoms with Crippen LogP contribution in [-0.4, -0.2) is 39.2 Å². The van der Waals surface area contributed by atoms with Crippen LogP contribution in [-0.2, 0) is 16.0 Å². The SMILES string of the molecule is COC(=O)c1ccccc1NC(=O)CNCCc1ccccc1OC. The predicted molar refractivity (Wildman–Crippen MR) is 96.0 cm³/mol.